The molecule has 0 aliphatic rings. The Kier molecular flexibility index (Phi) is 7.26. The fourth-order valence-electron chi connectivity index (χ4n) is 6.24. The van der Waals surface area contributed by atoms with Crippen molar-refractivity contribution in [3.63, 3.8) is 0 Å². The first-order valence-corrected chi connectivity index (χ1v) is 16.9. The summed E-state index contributed by atoms with van der Waals surface area (Å²) in [4.78, 5) is 24.2. The van der Waals surface area contributed by atoms with Crippen LogP contribution in [0.3, 0.4) is 0 Å². The number of thiophene rings is 1. The summed E-state index contributed by atoms with van der Waals surface area (Å²) in [6.07, 6.45) is 5.60. The van der Waals surface area contributed by atoms with Gasteiger partial charge in [0.2, 0.25) is 0 Å². The van der Waals surface area contributed by atoms with Gasteiger partial charge in [-0.2, -0.15) is 0 Å². The van der Waals surface area contributed by atoms with Gasteiger partial charge in [-0.1, -0.05) is 109 Å². The maximum absolute atomic E-state index is 5.02. The summed E-state index contributed by atoms with van der Waals surface area (Å²) >= 11 is 1.79. The molecule has 5 nitrogen and oxygen atoms in total. The van der Waals surface area contributed by atoms with Crippen LogP contribution >= 0.6 is 11.3 Å². The fourth-order valence-corrected chi connectivity index (χ4v) is 7.45. The molecule has 4 heterocycles. The lowest BCUT2D eigenvalue weighted by Gasteiger charge is -2.13. The Hall–Kier alpha value is -6.37. The number of pyridine rings is 2. The van der Waals surface area contributed by atoms with Crippen molar-refractivity contribution >= 4 is 31.5 Å². The average molecular weight is 646 g/mol. The zero-order valence-corrected chi connectivity index (χ0v) is 27.0. The molecule has 0 atom stereocenters. The molecule has 0 amide bonds. The van der Waals surface area contributed by atoms with Gasteiger partial charge >= 0.3 is 0 Å². The first-order valence-electron chi connectivity index (χ1n) is 16.1. The Bertz CT molecular complexity index is 2530. The monoisotopic (exact) mass is 645 g/mol. The molecule has 5 aromatic carbocycles. The first kappa shape index (κ1) is 28.8. The van der Waals surface area contributed by atoms with Crippen molar-refractivity contribution < 1.29 is 0 Å². The highest BCUT2D eigenvalue weighted by molar-refractivity contribution is 7.26. The van der Waals surface area contributed by atoms with Gasteiger partial charge < -0.3 is 0 Å². The Morgan fingerprint density at radius 2 is 0.959 bits per heavy atom. The molecule has 0 saturated carbocycles. The van der Waals surface area contributed by atoms with E-state index in [-0.39, 0.29) is 0 Å². The van der Waals surface area contributed by atoms with Crippen LogP contribution in [0.4, 0.5) is 0 Å². The molecule has 6 heteroatoms. The highest BCUT2D eigenvalue weighted by atomic mass is 32.1. The van der Waals surface area contributed by atoms with Crippen LogP contribution in [-0.4, -0.2) is 24.9 Å². The number of benzene rings is 5. The predicted molar refractivity (Wildman–Crippen MR) is 201 cm³/mol. The van der Waals surface area contributed by atoms with Crippen LogP contribution in [0.15, 0.2) is 164 Å². The summed E-state index contributed by atoms with van der Waals surface area (Å²) in [6, 6.07) is 50.0. The zero-order valence-electron chi connectivity index (χ0n) is 26.2. The molecule has 0 spiro atoms. The lowest BCUT2D eigenvalue weighted by Crippen LogP contribution is -2.00. The zero-order chi connectivity index (χ0) is 32.6. The predicted octanol–water partition coefficient (Wildman–Crippen LogP) is 11.0. The molecule has 230 valence electrons. The van der Waals surface area contributed by atoms with Gasteiger partial charge in [-0.15, -0.1) is 11.3 Å². The summed E-state index contributed by atoms with van der Waals surface area (Å²) in [5.41, 5.74) is 9.04. The molecule has 49 heavy (non-hydrogen) atoms. The highest BCUT2D eigenvalue weighted by Gasteiger charge is 2.16. The smallest absolute Gasteiger partial charge is 0.164 e. The SMILES string of the molecule is c1ccc(-c2nc(-c3ccccc3)nc(-c3cc(-c4ccc(-c5nccc6c5sc5ccccc56)cc4)cc(-c4cccnc4)c3)n2)cc1. The van der Waals surface area contributed by atoms with Gasteiger partial charge in [0.25, 0.3) is 0 Å². The lowest BCUT2D eigenvalue weighted by molar-refractivity contribution is 1.07. The number of aromatic nitrogens is 5. The minimum absolute atomic E-state index is 0.608. The Morgan fingerprint density at radius 3 is 1.63 bits per heavy atom. The van der Waals surface area contributed by atoms with E-state index in [9.17, 15) is 0 Å². The summed E-state index contributed by atoms with van der Waals surface area (Å²) in [5.74, 6) is 1.87. The molecule has 0 aliphatic carbocycles. The average Bonchev–Trinajstić information content (AvgIpc) is 3.58. The molecule has 0 aliphatic heterocycles. The van der Waals surface area contributed by atoms with Crippen molar-refractivity contribution in [3.05, 3.63) is 164 Å². The molecule has 0 N–H and O–H groups in total. The standard InChI is InChI=1S/C43H27N5S/c1-3-10-30(11-4-1)41-46-42(31-12-5-2-6-13-31)48-43(47-41)35-25-33(24-34(26-35)32-14-9-22-44-27-32)28-17-19-29(20-18-28)39-40-37(21-23-45-39)36-15-7-8-16-38(36)49-40/h1-27H. The Labute approximate surface area is 287 Å². The molecular weight excluding hydrogens is 619 g/mol. The van der Waals surface area contributed by atoms with E-state index < -0.39 is 0 Å². The second kappa shape index (κ2) is 12.3. The van der Waals surface area contributed by atoms with Crippen molar-refractivity contribution in [1.82, 2.24) is 24.9 Å². The molecule has 4 aromatic heterocycles. The maximum Gasteiger partial charge on any atom is 0.164 e. The third-order valence-electron chi connectivity index (χ3n) is 8.67. The molecule has 9 rings (SSSR count). The molecule has 0 fully saturated rings. The van der Waals surface area contributed by atoms with Gasteiger partial charge in [0.05, 0.1) is 10.4 Å². The quantitative estimate of drug-likeness (QED) is 0.180. The normalized spacial score (nSPS) is 11.3. The van der Waals surface area contributed by atoms with Crippen molar-refractivity contribution in [1.29, 1.82) is 0 Å². The topological polar surface area (TPSA) is 64.5 Å². The van der Waals surface area contributed by atoms with E-state index in [1.807, 2.05) is 79.1 Å². The highest BCUT2D eigenvalue weighted by Crippen LogP contribution is 2.39. The summed E-state index contributed by atoms with van der Waals surface area (Å²) < 4.78 is 2.47. The third kappa shape index (κ3) is 5.54. The molecule has 0 saturated heterocycles. The third-order valence-corrected chi connectivity index (χ3v) is 9.86. The van der Waals surface area contributed by atoms with Gasteiger partial charge in [-0.25, -0.2) is 15.0 Å². The van der Waals surface area contributed by atoms with Crippen LogP contribution in [0.1, 0.15) is 0 Å². The Morgan fingerprint density at radius 1 is 0.388 bits per heavy atom. The van der Waals surface area contributed by atoms with E-state index in [2.05, 4.69) is 83.8 Å². The van der Waals surface area contributed by atoms with Gasteiger partial charge in [-0.05, 0) is 53.1 Å². The number of nitrogens with zero attached hydrogens (tertiary/aromatic N) is 5. The van der Waals surface area contributed by atoms with Crippen molar-refractivity contribution in [2.75, 3.05) is 0 Å². The van der Waals surface area contributed by atoms with E-state index in [0.29, 0.717) is 17.5 Å². The van der Waals surface area contributed by atoms with Crippen molar-refractivity contribution in [2.45, 2.75) is 0 Å². The largest absolute Gasteiger partial charge is 0.264 e. The summed E-state index contributed by atoms with van der Waals surface area (Å²) in [5, 5.41) is 2.51. The lowest BCUT2D eigenvalue weighted by atomic mass is 9.95. The molecule has 0 radical (unpaired) electrons. The van der Waals surface area contributed by atoms with Gasteiger partial charge in [0.15, 0.2) is 17.5 Å². The molecule has 0 unspecified atom stereocenters. The van der Waals surface area contributed by atoms with Gasteiger partial charge in [0, 0.05) is 61.9 Å². The molecule has 9 aromatic rings. The number of rotatable bonds is 6. The van der Waals surface area contributed by atoms with Crippen molar-refractivity contribution in [2.24, 2.45) is 0 Å². The van der Waals surface area contributed by atoms with E-state index in [1.54, 1.807) is 17.5 Å². The fraction of sp³-hybridized carbons (Fsp3) is 0. The van der Waals surface area contributed by atoms with Crippen LogP contribution < -0.4 is 0 Å². The van der Waals surface area contributed by atoms with E-state index >= 15 is 0 Å². The van der Waals surface area contributed by atoms with Crippen molar-refractivity contribution in [3.8, 4) is 67.7 Å². The number of fused-ring (bicyclic) bond motifs is 3. The Balaban J connectivity index is 1.18. The minimum atomic E-state index is 0.608. The van der Waals surface area contributed by atoms with E-state index in [4.69, 9.17) is 19.9 Å². The number of hydrogen-bond donors (Lipinski definition) is 0. The summed E-state index contributed by atoms with van der Waals surface area (Å²) in [6.45, 7) is 0. The number of hydrogen-bond acceptors (Lipinski definition) is 6. The van der Waals surface area contributed by atoms with Gasteiger partial charge in [0.1, 0.15) is 0 Å². The molecular formula is C43H27N5S. The second-order valence-electron chi connectivity index (χ2n) is 11.8. The van der Waals surface area contributed by atoms with Crippen LogP contribution in [-0.2, 0) is 0 Å². The molecule has 0 bridgehead atoms. The maximum atomic E-state index is 5.02. The van der Waals surface area contributed by atoms with Gasteiger partial charge in [-0.3, -0.25) is 9.97 Å². The first-order chi connectivity index (χ1) is 24.3. The van der Waals surface area contributed by atoms with Crippen LogP contribution in [0.5, 0.6) is 0 Å². The van der Waals surface area contributed by atoms with Crippen LogP contribution in [0, 0.1) is 0 Å². The van der Waals surface area contributed by atoms with Crippen LogP contribution in [0.2, 0.25) is 0 Å². The second-order valence-corrected chi connectivity index (χ2v) is 12.8. The summed E-state index contributed by atoms with van der Waals surface area (Å²) in [7, 11) is 0. The minimum Gasteiger partial charge on any atom is -0.264 e. The van der Waals surface area contributed by atoms with E-state index in [1.165, 1.54) is 20.2 Å². The van der Waals surface area contributed by atoms with Crippen LogP contribution in [0.25, 0.3) is 87.8 Å². The van der Waals surface area contributed by atoms with E-state index in [0.717, 1.165) is 50.2 Å².